The van der Waals surface area contributed by atoms with Crippen LogP contribution in [-0.4, -0.2) is 26.2 Å². The van der Waals surface area contributed by atoms with E-state index in [0.717, 1.165) is 24.1 Å². The summed E-state index contributed by atoms with van der Waals surface area (Å²) in [7, 11) is 0. The Morgan fingerprint density at radius 1 is 1.36 bits per heavy atom. The molecule has 1 N–H and O–H groups in total. The number of phenolic OH excluding ortho intramolecular Hbond substituents is 1. The van der Waals surface area contributed by atoms with Crippen molar-refractivity contribution in [3.63, 3.8) is 0 Å². The summed E-state index contributed by atoms with van der Waals surface area (Å²) in [6.45, 7) is 11.5. The number of hydrogen-bond donors (Lipinski definition) is 1. The summed E-state index contributed by atoms with van der Waals surface area (Å²) in [5, 5.41) is 9.78. The zero-order valence-electron chi connectivity index (χ0n) is 14.3. The average molecular weight is 325 g/mol. The first-order valence-electron chi connectivity index (χ1n) is 7.54. The molecule has 5 heteroatoms. The minimum absolute atomic E-state index is 0.0126. The van der Waals surface area contributed by atoms with Gasteiger partial charge in [0, 0.05) is 0 Å². The van der Waals surface area contributed by atoms with Crippen molar-refractivity contribution >= 4 is 17.1 Å². The highest BCUT2D eigenvalue weighted by Gasteiger charge is 2.26. The van der Waals surface area contributed by atoms with Crippen LogP contribution in [-0.2, 0) is 17.8 Å². The molecule has 4 nitrogen and oxygen atoms in total. The summed E-state index contributed by atoms with van der Waals surface area (Å²) in [6.07, 6.45) is 1.51. The van der Waals surface area contributed by atoms with E-state index >= 15 is 0 Å². The normalized spacial score (nSPS) is 14.3. The molecule has 1 aromatic carbocycles. The molecular formula is C17H27NO3S. The largest absolute Gasteiger partial charge is 0.591 e. The van der Waals surface area contributed by atoms with Crippen LogP contribution in [0.5, 0.6) is 11.5 Å². The molecule has 0 bridgehead atoms. The van der Waals surface area contributed by atoms with Crippen LogP contribution >= 0.6 is 0 Å². The molecular weight excluding hydrogens is 298 g/mol. The number of rotatable bonds is 6. The van der Waals surface area contributed by atoms with Gasteiger partial charge in [0.1, 0.15) is 16.1 Å². The minimum atomic E-state index is -1.22. The van der Waals surface area contributed by atoms with E-state index in [2.05, 4.69) is 4.40 Å². The molecule has 0 amide bonds. The number of nitrogens with zero attached hydrogens (tertiary/aromatic N) is 1. The second-order valence-corrected chi connectivity index (χ2v) is 8.56. The SMILES string of the molecule is CC(CCc1ccc(O)c(OC(C)C)c1)=N[S+]([O-])C(C)(C)C. The average Bonchev–Trinajstić information content (AvgIpc) is 2.38. The van der Waals surface area contributed by atoms with Crippen LogP contribution in [0.4, 0.5) is 0 Å². The molecule has 1 aromatic rings. The second kappa shape index (κ2) is 7.88. The van der Waals surface area contributed by atoms with E-state index in [1.165, 1.54) is 0 Å². The van der Waals surface area contributed by atoms with Crippen LogP contribution in [0.1, 0.15) is 53.5 Å². The topological polar surface area (TPSA) is 64.9 Å². The summed E-state index contributed by atoms with van der Waals surface area (Å²) >= 11 is -1.22. The van der Waals surface area contributed by atoms with Crippen molar-refractivity contribution in [2.45, 2.75) is 65.2 Å². The fraction of sp³-hybridized carbons (Fsp3) is 0.588. The zero-order valence-corrected chi connectivity index (χ0v) is 15.2. The van der Waals surface area contributed by atoms with Gasteiger partial charge in [-0.3, -0.25) is 0 Å². The maximum atomic E-state index is 12.0. The first kappa shape index (κ1) is 18.8. The van der Waals surface area contributed by atoms with Crippen LogP contribution in [0, 0.1) is 0 Å². The first-order chi connectivity index (χ1) is 10.1. The first-order valence-corrected chi connectivity index (χ1v) is 8.65. The summed E-state index contributed by atoms with van der Waals surface area (Å²) < 4.78 is 21.5. The third-order valence-electron chi connectivity index (χ3n) is 2.92. The lowest BCUT2D eigenvalue weighted by molar-refractivity contribution is 0.231. The van der Waals surface area contributed by atoms with Gasteiger partial charge in [0.15, 0.2) is 11.5 Å². The van der Waals surface area contributed by atoms with Gasteiger partial charge >= 0.3 is 0 Å². The molecule has 0 aliphatic rings. The van der Waals surface area contributed by atoms with Crippen molar-refractivity contribution in [3.05, 3.63) is 23.8 Å². The van der Waals surface area contributed by atoms with E-state index in [1.54, 1.807) is 6.07 Å². The van der Waals surface area contributed by atoms with Crippen LogP contribution in [0.3, 0.4) is 0 Å². The number of benzene rings is 1. The maximum absolute atomic E-state index is 12.0. The highest BCUT2D eigenvalue weighted by Crippen LogP contribution is 2.28. The quantitative estimate of drug-likeness (QED) is 0.634. The maximum Gasteiger partial charge on any atom is 0.161 e. The van der Waals surface area contributed by atoms with Gasteiger partial charge in [-0.25, -0.2) is 0 Å². The molecule has 0 aliphatic heterocycles. The van der Waals surface area contributed by atoms with Crippen LogP contribution in [0.15, 0.2) is 22.6 Å². The van der Waals surface area contributed by atoms with Crippen molar-refractivity contribution in [2.75, 3.05) is 0 Å². The Kier molecular flexibility index (Phi) is 6.75. The van der Waals surface area contributed by atoms with E-state index in [0.29, 0.717) is 5.75 Å². The molecule has 1 atom stereocenters. The van der Waals surface area contributed by atoms with Crippen molar-refractivity contribution in [3.8, 4) is 11.5 Å². The Hall–Kier alpha value is -1.20. The summed E-state index contributed by atoms with van der Waals surface area (Å²) in [5.41, 5.74) is 1.93. The molecule has 22 heavy (non-hydrogen) atoms. The van der Waals surface area contributed by atoms with Crippen LogP contribution < -0.4 is 4.74 Å². The molecule has 0 heterocycles. The van der Waals surface area contributed by atoms with E-state index in [-0.39, 0.29) is 16.6 Å². The monoisotopic (exact) mass is 325 g/mol. The molecule has 0 fully saturated rings. The molecule has 0 aromatic heterocycles. The Morgan fingerprint density at radius 3 is 2.55 bits per heavy atom. The molecule has 124 valence electrons. The van der Waals surface area contributed by atoms with Gasteiger partial charge in [-0.1, -0.05) is 10.5 Å². The number of ether oxygens (including phenoxy) is 1. The van der Waals surface area contributed by atoms with Crippen LogP contribution in [0.25, 0.3) is 0 Å². The third kappa shape index (κ3) is 6.28. The molecule has 1 rings (SSSR count). The third-order valence-corrected chi connectivity index (χ3v) is 4.45. The number of hydrogen-bond acceptors (Lipinski definition) is 4. The van der Waals surface area contributed by atoms with Crippen LogP contribution in [0.2, 0.25) is 0 Å². The standard InChI is InChI=1S/C17H27NO3S/c1-12(2)21-16-11-14(9-10-15(16)19)8-7-13(3)18-22(20)17(4,5)6/h9-12,19H,7-8H2,1-6H3. The Bertz CT molecular complexity index is 521. The predicted octanol–water partition coefficient (Wildman–Crippen LogP) is 4.04. The van der Waals surface area contributed by atoms with Gasteiger partial charge in [-0.2, -0.15) is 0 Å². The Labute approximate surface area is 136 Å². The van der Waals surface area contributed by atoms with Gasteiger partial charge < -0.3 is 14.4 Å². The van der Waals surface area contributed by atoms with E-state index in [9.17, 15) is 9.66 Å². The smallest absolute Gasteiger partial charge is 0.161 e. The summed E-state index contributed by atoms with van der Waals surface area (Å²) in [5.74, 6) is 0.650. The lowest BCUT2D eigenvalue weighted by atomic mass is 10.1. The highest BCUT2D eigenvalue weighted by atomic mass is 32.2. The van der Waals surface area contributed by atoms with E-state index in [1.807, 2.05) is 53.7 Å². The summed E-state index contributed by atoms with van der Waals surface area (Å²) in [4.78, 5) is 0. The number of phenols is 1. The van der Waals surface area contributed by atoms with Crippen molar-refractivity contribution < 1.29 is 14.4 Å². The number of aryl methyl sites for hydroxylation is 1. The second-order valence-electron chi connectivity index (χ2n) is 6.66. The molecule has 0 saturated carbocycles. The van der Waals surface area contributed by atoms with Gasteiger partial charge in [0.25, 0.3) is 0 Å². The van der Waals surface area contributed by atoms with Crippen molar-refractivity contribution in [2.24, 2.45) is 4.40 Å². The lowest BCUT2D eigenvalue weighted by Gasteiger charge is -2.18. The van der Waals surface area contributed by atoms with Gasteiger partial charge in [-0.05, 0) is 72.1 Å². The molecule has 0 saturated heterocycles. The van der Waals surface area contributed by atoms with Gasteiger partial charge in [-0.15, -0.1) is 0 Å². The lowest BCUT2D eigenvalue weighted by Crippen LogP contribution is -2.26. The Morgan fingerprint density at radius 2 is 2.00 bits per heavy atom. The zero-order chi connectivity index (χ0) is 16.9. The highest BCUT2D eigenvalue weighted by molar-refractivity contribution is 7.91. The minimum Gasteiger partial charge on any atom is -0.591 e. The van der Waals surface area contributed by atoms with Crippen molar-refractivity contribution in [1.29, 1.82) is 0 Å². The Balaban J connectivity index is 2.70. The van der Waals surface area contributed by atoms with Crippen molar-refractivity contribution in [1.82, 2.24) is 0 Å². The molecule has 1 unspecified atom stereocenters. The molecule has 0 spiro atoms. The van der Waals surface area contributed by atoms with E-state index < -0.39 is 11.4 Å². The fourth-order valence-electron chi connectivity index (χ4n) is 1.71. The summed E-state index contributed by atoms with van der Waals surface area (Å²) in [6, 6.07) is 5.37. The van der Waals surface area contributed by atoms with E-state index in [4.69, 9.17) is 4.74 Å². The fourth-order valence-corrected chi connectivity index (χ4v) is 2.36. The number of aromatic hydroxyl groups is 1. The predicted molar refractivity (Wildman–Crippen MR) is 93.2 cm³/mol. The molecule has 0 radical (unpaired) electrons. The van der Waals surface area contributed by atoms with Gasteiger partial charge in [0.05, 0.1) is 11.8 Å². The van der Waals surface area contributed by atoms with Gasteiger partial charge in [0.2, 0.25) is 0 Å². The molecule has 0 aliphatic carbocycles.